The lowest BCUT2D eigenvalue weighted by Crippen LogP contribution is -2.31. The van der Waals surface area contributed by atoms with E-state index in [0.29, 0.717) is 22.2 Å². The van der Waals surface area contributed by atoms with Crippen LogP contribution in [0.25, 0.3) is 0 Å². The standard InChI is InChI=1S/C21H19ClF2N4O2/c1-2-30-28-17(12-27-21(29)15-4-3-9-25-18(15)20(23)24)19-16(22)10-14(11-26-19)8-7-13-5-6-13/h3-4,9-11,13,20H,2,5-6,12H2,1H3,(H,27,29)/b28-17-. The van der Waals surface area contributed by atoms with E-state index in [1.54, 1.807) is 19.2 Å². The van der Waals surface area contributed by atoms with E-state index < -0.39 is 18.0 Å². The van der Waals surface area contributed by atoms with Crippen molar-refractivity contribution >= 4 is 23.2 Å². The Morgan fingerprint density at radius 3 is 2.90 bits per heavy atom. The van der Waals surface area contributed by atoms with Crippen molar-refractivity contribution in [3.8, 4) is 11.8 Å². The van der Waals surface area contributed by atoms with Crippen molar-refractivity contribution in [1.29, 1.82) is 0 Å². The van der Waals surface area contributed by atoms with Crippen LogP contribution < -0.4 is 5.32 Å². The number of nitrogens with zero attached hydrogens (tertiary/aromatic N) is 3. The van der Waals surface area contributed by atoms with E-state index >= 15 is 0 Å². The minimum Gasteiger partial charge on any atom is -0.396 e. The van der Waals surface area contributed by atoms with Gasteiger partial charge >= 0.3 is 0 Å². The molecule has 2 aromatic rings. The number of carbonyl (C=O) groups is 1. The zero-order valence-electron chi connectivity index (χ0n) is 16.2. The molecule has 0 bridgehead atoms. The molecule has 0 unspecified atom stereocenters. The van der Waals surface area contributed by atoms with E-state index in [4.69, 9.17) is 16.4 Å². The van der Waals surface area contributed by atoms with Gasteiger partial charge in [-0.1, -0.05) is 28.6 Å². The predicted molar refractivity (Wildman–Crippen MR) is 109 cm³/mol. The quantitative estimate of drug-likeness (QED) is 0.407. The highest BCUT2D eigenvalue weighted by Gasteiger charge is 2.21. The Bertz CT molecular complexity index is 1010. The number of pyridine rings is 2. The molecule has 0 atom stereocenters. The predicted octanol–water partition coefficient (Wildman–Crippen LogP) is 4.00. The molecule has 2 heterocycles. The first kappa shape index (κ1) is 21.7. The minimum atomic E-state index is -2.87. The van der Waals surface area contributed by atoms with Crippen LogP contribution in [0, 0.1) is 17.8 Å². The summed E-state index contributed by atoms with van der Waals surface area (Å²) in [6.45, 7) is 1.91. The highest BCUT2D eigenvalue weighted by molar-refractivity contribution is 6.34. The summed E-state index contributed by atoms with van der Waals surface area (Å²) >= 11 is 6.34. The van der Waals surface area contributed by atoms with Gasteiger partial charge in [0.25, 0.3) is 12.3 Å². The fourth-order valence-electron chi connectivity index (χ4n) is 2.48. The summed E-state index contributed by atoms with van der Waals surface area (Å²) in [5.74, 6) is 5.88. The number of hydrogen-bond donors (Lipinski definition) is 1. The molecular formula is C21H19ClF2N4O2. The van der Waals surface area contributed by atoms with Crippen molar-refractivity contribution in [2.24, 2.45) is 11.1 Å². The number of carbonyl (C=O) groups excluding carboxylic acids is 1. The van der Waals surface area contributed by atoms with Gasteiger partial charge in [0, 0.05) is 23.9 Å². The summed E-state index contributed by atoms with van der Waals surface area (Å²) in [5, 5.41) is 6.80. The van der Waals surface area contributed by atoms with Crippen molar-refractivity contribution in [1.82, 2.24) is 15.3 Å². The number of amides is 1. The van der Waals surface area contributed by atoms with Gasteiger partial charge in [0.15, 0.2) is 0 Å². The van der Waals surface area contributed by atoms with Crippen LogP contribution in [0.4, 0.5) is 8.78 Å². The third kappa shape index (κ3) is 5.74. The Morgan fingerprint density at radius 1 is 1.43 bits per heavy atom. The fraction of sp³-hybridized carbons (Fsp3) is 0.333. The van der Waals surface area contributed by atoms with Crippen molar-refractivity contribution in [2.45, 2.75) is 26.2 Å². The third-order valence-corrected chi connectivity index (χ3v) is 4.41. The van der Waals surface area contributed by atoms with Crippen LogP contribution in [0.15, 0.2) is 35.7 Å². The zero-order chi connectivity index (χ0) is 21.5. The molecule has 3 rings (SSSR count). The lowest BCUT2D eigenvalue weighted by Gasteiger charge is -2.11. The van der Waals surface area contributed by atoms with Crippen molar-refractivity contribution in [3.63, 3.8) is 0 Å². The Morgan fingerprint density at radius 2 is 2.23 bits per heavy atom. The molecule has 1 amide bonds. The first-order chi connectivity index (χ1) is 14.5. The Kier molecular flexibility index (Phi) is 7.31. The molecule has 1 aliphatic carbocycles. The largest absolute Gasteiger partial charge is 0.396 e. The van der Waals surface area contributed by atoms with Gasteiger partial charge in [-0.3, -0.25) is 14.8 Å². The second kappa shape index (κ2) is 10.1. The minimum absolute atomic E-state index is 0.129. The molecule has 0 spiro atoms. The van der Waals surface area contributed by atoms with E-state index in [-0.39, 0.29) is 24.4 Å². The van der Waals surface area contributed by atoms with Crippen LogP contribution in [-0.2, 0) is 4.84 Å². The summed E-state index contributed by atoms with van der Waals surface area (Å²) in [4.78, 5) is 25.4. The molecule has 1 fully saturated rings. The number of nitrogens with one attached hydrogen (secondary N) is 1. The summed E-state index contributed by atoms with van der Waals surface area (Å²) in [5.41, 5.74) is 0.426. The molecule has 156 valence electrons. The van der Waals surface area contributed by atoms with E-state index in [1.807, 2.05) is 0 Å². The highest BCUT2D eigenvalue weighted by Crippen LogP contribution is 2.27. The Hall–Kier alpha value is -3.05. The molecular weight excluding hydrogens is 414 g/mol. The molecule has 1 N–H and O–H groups in total. The van der Waals surface area contributed by atoms with Gasteiger partial charge in [-0.15, -0.1) is 0 Å². The number of rotatable bonds is 7. The van der Waals surface area contributed by atoms with Crippen molar-refractivity contribution in [3.05, 3.63) is 58.1 Å². The summed E-state index contributed by atoms with van der Waals surface area (Å²) in [7, 11) is 0. The number of halogens is 3. The summed E-state index contributed by atoms with van der Waals surface area (Å²) in [6.07, 6.45) is 2.12. The molecule has 9 heteroatoms. The average Bonchev–Trinajstić information content (AvgIpc) is 3.57. The van der Waals surface area contributed by atoms with Crippen molar-refractivity contribution < 1.29 is 18.4 Å². The molecule has 0 radical (unpaired) electrons. The first-order valence-electron chi connectivity index (χ1n) is 9.37. The molecule has 0 aromatic carbocycles. The van der Waals surface area contributed by atoms with Gasteiger partial charge in [-0.05, 0) is 38.0 Å². The van der Waals surface area contributed by atoms with Crippen LogP contribution in [0.5, 0.6) is 0 Å². The lowest BCUT2D eigenvalue weighted by molar-refractivity contribution is 0.0942. The van der Waals surface area contributed by atoms with Crippen LogP contribution in [0.3, 0.4) is 0 Å². The van der Waals surface area contributed by atoms with Gasteiger partial charge in [0.1, 0.15) is 23.7 Å². The van der Waals surface area contributed by atoms with Crippen LogP contribution >= 0.6 is 11.6 Å². The fourth-order valence-corrected chi connectivity index (χ4v) is 2.75. The van der Waals surface area contributed by atoms with E-state index in [0.717, 1.165) is 12.8 Å². The van der Waals surface area contributed by atoms with Gasteiger partial charge in [-0.25, -0.2) is 8.78 Å². The van der Waals surface area contributed by atoms with Gasteiger partial charge in [0.05, 0.1) is 17.1 Å². The normalized spacial score (nSPS) is 13.6. The van der Waals surface area contributed by atoms with Crippen LogP contribution in [0.2, 0.25) is 5.02 Å². The van der Waals surface area contributed by atoms with E-state index in [2.05, 4.69) is 32.3 Å². The van der Waals surface area contributed by atoms with E-state index in [9.17, 15) is 13.6 Å². The SMILES string of the molecule is CCO/N=C(/CNC(=O)c1cccnc1C(F)F)c1ncc(C#CC2CC2)cc1Cl. The topological polar surface area (TPSA) is 76.5 Å². The number of oxime groups is 1. The smallest absolute Gasteiger partial charge is 0.281 e. The number of alkyl halides is 2. The summed E-state index contributed by atoms with van der Waals surface area (Å²) in [6, 6.07) is 4.36. The maximum atomic E-state index is 13.1. The Labute approximate surface area is 177 Å². The monoisotopic (exact) mass is 432 g/mol. The molecule has 30 heavy (non-hydrogen) atoms. The number of hydrogen-bond acceptors (Lipinski definition) is 5. The molecule has 2 aromatic heterocycles. The highest BCUT2D eigenvalue weighted by atomic mass is 35.5. The van der Waals surface area contributed by atoms with Gasteiger partial charge in [0.2, 0.25) is 0 Å². The average molecular weight is 433 g/mol. The first-order valence-corrected chi connectivity index (χ1v) is 9.75. The maximum Gasteiger partial charge on any atom is 0.281 e. The number of aromatic nitrogens is 2. The van der Waals surface area contributed by atoms with Crippen LogP contribution in [0.1, 0.15) is 53.5 Å². The summed E-state index contributed by atoms with van der Waals surface area (Å²) < 4.78 is 26.2. The lowest BCUT2D eigenvalue weighted by atomic mass is 10.1. The molecule has 0 saturated heterocycles. The zero-order valence-corrected chi connectivity index (χ0v) is 16.9. The Balaban J connectivity index is 1.77. The second-order valence-electron chi connectivity index (χ2n) is 6.47. The molecule has 0 aliphatic heterocycles. The molecule has 6 nitrogen and oxygen atoms in total. The van der Waals surface area contributed by atoms with Crippen LogP contribution in [-0.4, -0.2) is 34.7 Å². The second-order valence-corrected chi connectivity index (χ2v) is 6.88. The molecule has 1 saturated carbocycles. The third-order valence-electron chi connectivity index (χ3n) is 4.12. The maximum absolute atomic E-state index is 13.1. The van der Waals surface area contributed by atoms with E-state index in [1.165, 1.54) is 18.3 Å². The molecule has 1 aliphatic rings. The van der Waals surface area contributed by atoms with Gasteiger partial charge < -0.3 is 10.2 Å². The van der Waals surface area contributed by atoms with Gasteiger partial charge in [-0.2, -0.15) is 0 Å². The van der Waals surface area contributed by atoms with Crippen molar-refractivity contribution in [2.75, 3.05) is 13.2 Å².